The number of rotatable bonds is 1. The molecule has 0 saturated carbocycles. The molecule has 12 heavy (non-hydrogen) atoms. The Hall–Kier alpha value is -0.200. The van der Waals surface area contributed by atoms with Gasteiger partial charge in [0.05, 0.1) is 0 Å². The first-order chi connectivity index (χ1) is 5.75. The van der Waals surface area contributed by atoms with Crippen molar-refractivity contribution < 1.29 is 0 Å². The van der Waals surface area contributed by atoms with Crippen LogP contribution in [-0.4, -0.2) is 14.8 Å². The summed E-state index contributed by atoms with van der Waals surface area (Å²) in [6, 6.07) is 1.87. The number of nitrogens with zero attached hydrogens (tertiary/aromatic N) is 3. The Balaban J connectivity index is 2.43. The third-order valence-corrected chi connectivity index (χ3v) is 3.18. The van der Waals surface area contributed by atoms with Gasteiger partial charge in [0, 0.05) is 11.6 Å². The van der Waals surface area contributed by atoms with Gasteiger partial charge in [0.1, 0.15) is 9.21 Å². The maximum atomic E-state index is 4.21. The minimum Gasteiger partial charge on any atom is -0.212 e. The van der Waals surface area contributed by atoms with Gasteiger partial charge in [-0.2, -0.15) is 5.10 Å². The average Bonchev–Trinajstić information content (AvgIpc) is 2.58. The van der Waals surface area contributed by atoms with E-state index < -0.39 is 0 Å². The molecular weight excluding hydrogens is 306 g/mol. The maximum Gasteiger partial charge on any atom is 0.211 e. The smallest absolute Gasteiger partial charge is 0.211 e. The Morgan fingerprint density at radius 2 is 2.17 bits per heavy atom. The van der Waals surface area contributed by atoms with Gasteiger partial charge in [-0.15, -0.1) is 11.3 Å². The van der Waals surface area contributed by atoms with Crippen molar-refractivity contribution in [2.45, 2.75) is 0 Å². The summed E-state index contributed by atoms with van der Waals surface area (Å²) in [6.45, 7) is 0. The van der Waals surface area contributed by atoms with Crippen molar-refractivity contribution in [3.63, 3.8) is 0 Å². The molecule has 0 amide bonds. The highest BCUT2D eigenvalue weighted by molar-refractivity contribution is 9.10. The second kappa shape index (κ2) is 3.27. The molecule has 0 radical (unpaired) electrons. The van der Waals surface area contributed by atoms with Crippen LogP contribution in [0.25, 0.3) is 5.13 Å². The molecular formula is C6H3Br2N3S. The largest absolute Gasteiger partial charge is 0.212 e. The van der Waals surface area contributed by atoms with Crippen molar-refractivity contribution in [1.82, 2.24) is 14.8 Å². The van der Waals surface area contributed by atoms with Gasteiger partial charge in [-0.1, -0.05) is 0 Å². The number of aromatic nitrogens is 3. The van der Waals surface area contributed by atoms with Crippen LogP contribution in [0, 0.1) is 0 Å². The van der Waals surface area contributed by atoms with Crippen molar-refractivity contribution in [2.75, 3.05) is 0 Å². The van der Waals surface area contributed by atoms with Crippen LogP contribution < -0.4 is 0 Å². The first-order valence-corrected chi connectivity index (χ1v) is 5.55. The van der Waals surface area contributed by atoms with Crippen LogP contribution in [0.15, 0.2) is 26.8 Å². The van der Waals surface area contributed by atoms with E-state index in [4.69, 9.17) is 0 Å². The Bertz CT molecular complexity index is 357. The Kier molecular flexibility index (Phi) is 2.29. The monoisotopic (exact) mass is 307 g/mol. The normalized spacial score (nSPS) is 10.5. The van der Waals surface area contributed by atoms with Crippen molar-refractivity contribution >= 4 is 43.2 Å². The summed E-state index contributed by atoms with van der Waals surface area (Å²) < 4.78 is 3.38. The number of hydrogen-bond donors (Lipinski definition) is 0. The molecule has 0 aliphatic rings. The summed E-state index contributed by atoms with van der Waals surface area (Å²) in [6.07, 6.45) is 1.86. The van der Waals surface area contributed by atoms with Gasteiger partial charge >= 0.3 is 0 Å². The molecule has 62 valence electrons. The minimum absolute atomic E-state index is 0.814. The van der Waals surface area contributed by atoms with Crippen LogP contribution >= 0.6 is 43.2 Å². The molecule has 6 heteroatoms. The first-order valence-electron chi connectivity index (χ1n) is 3.08. The van der Waals surface area contributed by atoms with Gasteiger partial charge in [-0.25, -0.2) is 9.67 Å². The molecule has 2 aromatic heterocycles. The molecule has 2 heterocycles. The zero-order valence-corrected chi connectivity index (χ0v) is 9.73. The Morgan fingerprint density at radius 1 is 1.33 bits per heavy atom. The van der Waals surface area contributed by atoms with E-state index in [2.05, 4.69) is 41.9 Å². The zero-order valence-electron chi connectivity index (χ0n) is 5.74. The highest BCUT2D eigenvalue weighted by Gasteiger charge is 2.02. The van der Waals surface area contributed by atoms with Gasteiger partial charge in [-0.05, 0) is 37.9 Å². The molecule has 0 saturated heterocycles. The second-order valence-electron chi connectivity index (χ2n) is 2.04. The standard InChI is InChI=1S/C6H3Br2N3S/c7-4-1-2-11(10-4)6-9-5(8)3-12-6/h1-3H. The van der Waals surface area contributed by atoms with E-state index >= 15 is 0 Å². The maximum absolute atomic E-state index is 4.21. The lowest BCUT2D eigenvalue weighted by atomic mass is 10.7. The molecule has 0 bridgehead atoms. The molecule has 0 aliphatic heterocycles. The predicted octanol–water partition coefficient (Wildman–Crippen LogP) is 2.85. The summed E-state index contributed by atoms with van der Waals surface area (Å²) in [7, 11) is 0. The summed E-state index contributed by atoms with van der Waals surface area (Å²) in [5.41, 5.74) is 0. The van der Waals surface area contributed by atoms with E-state index in [9.17, 15) is 0 Å². The fourth-order valence-electron chi connectivity index (χ4n) is 0.759. The highest BCUT2D eigenvalue weighted by Crippen LogP contribution is 2.18. The highest BCUT2D eigenvalue weighted by atomic mass is 79.9. The summed E-state index contributed by atoms with van der Waals surface area (Å²) in [5, 5.41) is 6.93. The topological polar surface area (TPSA) is 30.7 Å². The van der Waals surface area contributed by atoms with Crippen LogP contribution in [0.3, 0.4) is 0 Å². The molecule has 0 atom stereocenters. The summed E-state index contributed by atoms with van der Waals surface area (Å²) in [4.78, 5) is 4.21. The molecule has 0 spiro atoms. The van der Waals surface area contributed by atoms with Crippen LogP contribution in [0.4, 0.5) is 0 Å². The van der Waals surface area contributed by atoms with E-state index in [0.717, 1.165) is 14.3 Å². The van der Waals surface area contributed by atoms with Gasteiger partial charge in [-0.3, -0.25) is 0 Å². The van der Waals surface area contributed by atoms with E-state index in [1.807, 2.05) is 17.6 Å². The Morgan fingerprint density at radius 3 is 2.67 bits per heavy atom. The lowest BCUT2D eigenvalue weighted by Gasteiger charge is -1.90. The summed E-state index contributed by atoms with van der Waals surface area (Å²) >= 11 is 8.09. The number of hydrogen-bond acceptors (Lipinski definition) is 3. The van der Waals surface area contributed by atoms with Gasteiger partial charge < -0.3 is 0 Å². The number of halogens is 2. The Labute approximate surface area is 89.7 Å². The fourth-order valence-corrected chi connectivity index (χ4v) is 2.23. The lowest BCUT2D eigenvalue weighted by Crippen LogP contribution is -1.92. The van der Waals surface area contributed by atoms with Crippen molar-refractivity contribution in [3.8, 4) is 5.13 Å². The summed E-state index contributed by atoms with van der Waals surface area (Å²) in [5.74, 6) is 0. The lowest BCUT2D eigenvalue weighted by molar-refractivity contribution is 0.858. The number of thiazole rings is 1. The van der Waals surface area contributed by atoms with Gasteiger partial charge in [0.25, 0.3) is 0 Å². The first kappa shape index (κ1) is 8.40. The van der Waals surface area contributed by atoms with Crippen molar-refractivity contribution in [1.29, 1.82) is 0 Å². The molecule has 0 fully saturated rings. The van der Waals surface area contributed by atoms with Crippen LogP contribution in [0.1, 0.15) is 0 Å². The third kappa shape index (κ3) is 1.60. The molecule has 0 unspecified atom stereocenters. The molecule has 2 aromatic rings. The van der Waals surface area contributed by atoms with E-state index in [-0.39, 0.29) is 0 Å². The SMILES string of the molecule is Brc1csc(-n2ccc(Br)n2)n1. The van der Waals surface area contributed by atoms with Crippen LogP contribution in [0.2, 0.25) is 0 Å². The van der Waals surface area contributed by atoms with E-state index in [0.29, 0.717) is 0 Å². The molecule has 0 aromatic carbocycles. The van der Waals surface area contributed by atoms with Crippen molar-refractivity contribution in [2.24, 2.45) is 0 Å². The van der Waals surface area contributed by atoms with Crippen LogP contribution in [-0.2, 0) is 0 Å². The molecule has 0 N–H and O–H groups in total. The second-order valence-corrected chi connectivity index (χ2v) is 4.50. The predicted molar refractivity (Wildman–Crippen MR) is 54.6 cm³/mol. The average molecular weight is 309 g/mol. The van der Waals surface area contributed by atoms with Gasteiger partial charge in [0.2, 0.25) is 5.13 Å². The zero-order chi connectivity index (χ0) is 8.55. The van der Waals surface area contributed by atoms with Gasteiger partial charge in [0.15, 0.2) is 0 Å². The quantitative estimate of drug-likeness (QED) is 0.811. The molecule has 2 rings (SSSR count). The third-order valence-electron chi connectivity index (χ3n) is 1.22. The van der Waals surface area contributed by atoms with Crippen LogP contribution in [0.5, 0.6) is 0 Å². The fraction of sp³-hybridized carbons (Fsp3) is 0. The molecule has 0 aliphatic carbocycles. The van der Waals surface area contributed by atoms with Crippen molar-refractivity contribution in [3.05, 3.63) is 26.8 Å². The minimum atomic E-state index is 0.814. The molecule has 3 nitrogen and oxygen atoms in total. The van der Waals surface area contributed by atoms with E-state index in [1.54, 1.807) is 4.68 Å². The van der Waals surface area contributed by atoms with E-state index in [1.165, 1.54) is 11.3 Å².